The summed E-state index contributed by atoms with van der Waals surface area (Å²) in [5, 5.41) is 57.6. The summed E-state index contributed by atoms with van der Waals surface area (Å²) in [4.78, 5) is 122. The fourth-order valence-corrected chi connectivity index (χ4v) is 8.90. The Morgan fingerprint density at radius 3 is 0.927 bits per heavy atom. The topological polar surface area (TPSA) is 429 Å². The highest BCUT2D eigenvalue weighted by atomic mass is 16.2. The van der Waals surface area contributed by atoms with Crippen molar-refractivity contribution >= 4 is 87.4 Å². The average Bonchev–Trinajstić information content (AvgIpc) is 1.61. The van der Waals surface area contributed by atoms with Crippen LogP contribution < -0.4 is 95.7 Å². The highest BCUT2D eigenvalue weighted by molar-refractivity contribution is 6.04. The Labute approximate surface area is 650 Å². The minimum absolute atomic E-state index is 0.0691. The van der Waals surface area contributed by atoms with Gasteiger partial charge in [0, 0.05) is 199 Å². The molecule has 0 saturated heterocycles. The molecule has 1 aliphatic carbocycles. The van der Waals surface area contributed by atoms with Gasteiger partial charge in [0.1, 0.15) is 5.78 Å². The molecule has 0 aromatic heterocycles. The molecule has 4 aromatic carbocycles. The van der Waals surface area contributed by atoms with Gasteiger partial charge in [0.15, 0.2) is 11.6 Å². The largest absolute Gasteiger partial charge is 0.388 e. The van der Waals surface area contributed by atoms with Crippen molar-refractivity contribution in [3.8, 4) is 0 Å². The molecule has 1 saturated carbocycles. The lowest BCUT2D eigenvalue weighted by Crippen LogP contribution is -2.39. The lowest BCUT2D eigenvalue weighted by Gasteiger charge is -2.14. The summed E-state index contributed by atoms with van der Waals surface area (Å²) in [5.74, 6) is -0.788. The van der Waals surface area contributed by atoms with Crippen LogP contribution >= 0.6 is 0 Å². The standard InChI is InChI=1S/C12H15N3O3.C10H19N3O3.C10H15N3O.2C9H11NO.C7H17N3O.C7H19N3.C5H10.C4H6N2.C3H6O.C2H7N/c1-13-10(16)7-4-8(11(17)14-2)6-9(5-7)12(18)15-3;1-11-8(14)4-7(5-9(15)12-2)6-10(16)13-3;1-11-8-4-7(10(14)13-3)5-9(6-8)12-2;1-7(11)8-3-5-9(10-2)6-4-8;1-7(11)8-4-3-5-9(6-8)10-2;1-8-5-6(9-2)4-7(11)10-3;1-8-4-7(5-9-2)6-10-3;1-2-4-5-3-1;1-4-2-3-5-6-4;1-3(2)4;1-3-2/h4-6H,1-3H3,(H,13,16)(H,14,17)(H,15,18);7H,4-6H2,1-3H3,(H,11,14)(H,12,15)(H,13,16);4-6,11-12H,1-3H3,(H,13,14);2*3-6,10H,1-2H3;6,8-9H,4-5H2,1-3H3,(H,10,11);7-10H,4-6H2,1-3H3;1-5H2;2H,3H2,1H3;1-2H3;3H,1-2H3. The number of nitrogens with one attached hydrogen (secondary N) is 18. The van der Waals surface area contributed by atoms with E-state index < -0.39 is 0 Å². The molecule has 0 bridgehead atoms. The van der Waals surface area contributed by atoms with Gasteiger partial charge in [-0.1, -0.05) is 44.2 Å². The van der Waals surface area contributed by atoms with E-state index in [1.807, 2.05) is 145 Å². The van der Waals surface area contributed by atoms with Crippen LogP contribution in [0.3, 0.4) is 0 Å². The summed E-state index contributed by atoms with van der Waals surface area (Å²) >= 11 is 0. The highest BCUT2D eigenvalue weighted by Gasteiger charge is 2.20. The van der Waals surface area contributed by atoms with Gasteiger partial charge in [-0.15, -0.1) is 0 Å². The third-order valence-corrected chi connectivity index (χ3v) is 14.8. The van der Waals surface area contributed by atoms with Gasteiger partial charge in [-0.05, 0) is 175 Å². The van der Waals surface area contributed by atoms with Gasteiger partial charge < -0.3 is 100 Å². The molecular weight excluding hydrogens is 1390 g/mol. The van der Waals surface area contributed by atoms with Crippen LogP contribution in [0.25, 0.3) is 0 Å². The van der Waals surface area contributed by atoms with Crippen molar-refractivity contribution in [2.24, 2.45) is 22.1 Å². The third kappa shape index (κ3) is 58.7. The summed E-state index contributed by atoms with van der Waals surface area (Å²) in [7, 11) is 33.0. The Morgan fingerprint density at radius 1 is 0.349 bits per heavy atom. The SMILES string of the molecule is C1CCCC1.CC(C)=O.CC1=CCN=N1.CNC.CNC(=O)CC(CC(=O)NC)CC(=O)NC.CNC(=O)c1cc(C(=O)NC)cc(C(=O)NC)c1.CNC(=O)c1cc(NC)cc(NC)c1.CNCC(CC(=O)NC)NC.CNCC(CNC)CNC.CNc1ccc(C(C)=O)cc1.CNc1cccc(C(C)=O)c1. The van der Waals surface area contributed by atoms with E-state index in [9.17, 15) is 52.7 Å². The molecule has 109 heavy (non-hydrogen) atoms. The first-order valence-corrected chi connectivity index (χ1v) is 36.2. The van der Waals surface area contributed by atoms with Gasteiger partial charge in [0.2, 0.25) is 23.6 Å². The minimum atomic E-state index is -0.356. The summed E-state index contributed by atoms with van der Waals surface area (Å²) in [6.45, 7) is 12.9. The molecular formula is C78H136N20O11. The number of azo groups is 1. The van der Waals surface area contributed by atoms with Gasteiger partial charge in [0.05, 0.1) is 12.2 Å². The lowest BCUT2D eigenvalue weighted by atomic mass is 9.96. The van der Waals surface area contributed by atoms with E-state index in [1.165, 1.54) is 106 Å². The average molecular weight is 1530 g/mol. The molecule has 1 fully saturated rings. The number of hydrogen-bond donors (Lipinski definition) is 18. The van der Waals surface area contributed by atoms with Crippen molar-refractivity contribution in [3.05, 3.63) is 130 Å². The first-order valence-electron chi connectivity index (χ1n) is 36.2. The predicted octanol–water partition coefficient (Wildman–Crippen LogP) is 5.70. The molecule has 1 atom stereocenters. The number of hydrogen-bond acceptors (Lipinski definition) is 23. The minimum Gasteiger partial charge on any atom is -0.388 e. The van der Waals surface area contributed by atoms with Crippen molar-refractivity contribution in [1.29, 1.82) is 0 Å². The summed E-state index contributed by atoms with van der Waals surface area (Å²) < 4.78 is 0. The highest BCUT2D eigenvalue weighted by Crippen LogP contribution is 2.19. The summed E-state index contributed by atoms with van der Waals surface area (Å²) in [6, 6.07) is 24.9. The maximum atomic E-state index is 11.6. The summed E-state index contributed by atoms with van der Waals surface area (Å²) in [6.07, 6.45) is 10.5. The molecule has 0 spiro atoms. The van der Waals surface area contributed by atoms with Crippen LogP contribution in [0.1, 0.15) is 155 Å². The first-order chi connectivity index (χ1) is 51.9. The van der Waals surface area contributed by atoms with Crippen molar-refractivity contribution in [2.75, 3.05) is 188 Å². The van der Waals surface area contributed by atoms with Crippen LogP contribution in [-0.4, -0.2) is 237 Å². The Balaban J connectivity index is -0.000000374. The van der Waals surface area contributed by atoms with Crippen molar-refractivity contribution in [1.82, 2.24) is 74.4 Å². The number of Topliss-reactive ketones (excluding diaryl/α,β-unsaturated/α-hetero) is 3. The maximum Gasteiger partial charge on any atom is 0.251 e. The normalized spacial score (nSPS) is 10.9. The molecule has 8 amide bonds. The molecule has 614 valence electrons. The van der Waals surface area contributed by atoms with E-state index in [1.54, 1.807) is 40.1 Å². The Bertz CT molecular complexity index is 3100. The molecule has 0 radical (unpaired) electrons. The smallest absolute Gasteiger partial charge is 0.251 e. The van der Waals surface area contributed by atoms with Crippen molar-refractivity contribution in [2.45, 2.75) is 98.4 Å². The number of carbonyl (C=O) groups is 11. The van der Waals surface area contributed by atoms with Gasteiger partial charge in [-0.3, -0.25) is 47.9 Å². The Hall–Kier alpha value is -10.1. The van der Waals surface area contributed by atoms with Crippen LogP contribution in [0.4, 0.5) is 22.7 Å². The second kappa shape index (κ2) is 70.9. The maximum absolute atomic E-state index is 11.6. The second-order valence-corrected chi connectivity index (χ2v) is 24.1. The monoisotopic (exact) mass is 1530 g/mol. The van der Waals surface area contributed by atoms with Gasteiger partial charge >= 0.3 is 0 Å². The fraction of sp³-hybridized carbons (Fsp3) is 0.526. The van der Waals surface area contributed by atoms with E-state index in [4.69, 9.17) is 0 Å². The number of benzene rings is 4. The Morgan fingerprint density at radius 2 is 0.670 bits per heavy atom. The fourth-order valence-electron chi connectivity index (χ4n) is 8.90. The summed E-state index contributed by atoms with van der Waals surface area (Å²) in [5.41, 5.74) is 7.78. The van der Waals surface area contributed by atoms with E-state index >= 15 is 0 Å². The molecule has 1 unspecified atom stereocenters. The zero-order chi connectivity index (χ0) is 84.1. The van der Waals surface area contributed by atoms with E-state index in [0.717, 1.165) is 72.3 Å². The van der Waals surface area contributed by atoms with Crippen LogP contribution in [-0.2, 0) is 24.0 Å². The van der Waals surface area contributed by atoms with E-state index in [-0.39, 0.29) is 113 Å². The van der Waals surface area contributed by atoms with Crippen molar-refractivity contribution < 1.29 is 52.7 Å². The number of nitrogens with zero attached hydrogens (tertiary/aromatic N) is 2. The van der Waals surface area contributed by atoms with Crippen LogP contribution in [0.5, 0.6) is 0 Å². The predicted molar refractivity (Wildman–Crippen MR) is 446 cm³/mol. The number of rotatable bonds is 27. The zero-order valence-electron chi connectivity index (χ0n) is 69.7. The number of likely N-dealkylation sites (N-methyl/N-ethyl adjacent to an activating group) is 2. The molecule has 18 N–H and O–H groups in total. The molecule has 31 nitrogen and oxygen atoms in total. The molecule has 1 heterocycles. The van der Waals surface area contributed by atoms with Crippen LogP contribution in [0, 0.1) is 11.8 Å². The van der Waals surface area contributed by atoms with Gasteiger partial charge in [0.25, 0.3) is 23.6 Å². The number of carbonyl (C=O) groups excluding carboxylic acids is 11. The van der Waals surface area contributed by atoms with Gasteiger partial charge in [-0.2, -0.15) is 10.2 Å². The third-order valence-electron chi connectivity index (χ3n) is 14.8. The molecule has 2 aliphatic rings. The zero-order valence-corrected chi connectivity index (χ0v) is 69.7. The molecule has 31 heteroatoms. The number of anilines is 4. The first kappa shape index (κ1) is 108. The van der Waals surface area contributed by atoms with E-state index in [0.29, 0.717) is 17.9 Å². The van der Waals surface area contributed by atoms with Crippen LogP contribution in [0.2, 0.25) is 0 Å². The van der Waals surface area contributed by atoms with E-state index in [2.05, 4.69) is 106 Å². The molecule has 1 aliphatic heterocycles. The second-order valence-electron chi connectivity index (χ2n) is 24.1. The lowest BCUT2D eigenvalue weighted by molar-refractivity contribution is -0.126. The van der Waals surface area contributed by atoms with Gasteiger partial charge in [-0.25, -0.2) is 0 Å². The number of ketones is 3. The Kier molecular flexibility index (Phi) is 70.0. The number of allylic oxidation sites excluding steroid dienone is 1. The molecule has 4 aromatic rings. The molecule has 6 rings (SSSR count). The quantitative estimate of drug-likeness (QED) is 0.0318. The van der Waals surface area contributed by atoms with Crippen LogP contribution in [0.15, 0.2) is 107 Å². The number of amides is 8. The van der Waals surface area contributed by atoms with Crippen molar-refractivity contribution in [3.63, 3.8) is 0 Å².